The predicted octanol–water partition coefficient (Wildman–Crippen LogP) is 8.06. The van der Waals surface area contributed by atoms with Crippen LogP contribution in [0.1, 0.15) is 54.5 Å². The lowest BCUT2D eigenvalue weighted by Crippen LogP contribution is -1.90. The Bertz CT molecular complexity index is 1610. The van der Waals surface area contributed by atoms with Crippen molar-refractivity contribution < 1.29 is 0 Å². The van der Waals surface area contributed by atoms with E-state index in [1.807, 2.05) is 0 Å². The average molecular weight is 457 g/mol. The summed E-state index contributed by atoms with van der Waals surface area (Å²) in [5, 5.41) is 0. The van der Waals surface area contributed by atoms with Crippen LogP contribution in [0.15, 0.2) is 66.7 Å². The van der Waals surface area contributed by atoms with Crippen molar-refractivity contribution in [3.8, 4) is 11.1 Å². The first-order valence-corrected chi connectivity index (χ1v) is 12.4. The van der Waals surface area contributed by atoms with E-state index in [0.29, 0.717) is 0 Å². The number of benzene rings is 1. The van der Waals surface area contributed by atoms with E-state index in [1.54, 1.807) is 0 Å². The van der Waals surface area contributed by atoms with Crippen molar-refractivity contribution in [2.24, 2.45) is 0 Å². The van der Waals surface area contributed by atoms with Gasteiger partial charge in [-0.2, -0.15) is 0 Å². The van der Waals surface area contributed by atoms with Gasteiger partial charge in [0, 0.05) is 27.6 Å². The molecule has 2 aliphatic rings. The van der Waals surface area contributed by atoms with Crippen LogP contribution in [0.3, 0.4) is 0 Å². The van der Waals surface area contributed by atoms with E-state index >= 15 is 0 Å². The van der Waals surface area contributed by atoms with Gasteiger partial charge in [-0.25, -0.2) is 9.97 Å². The zero-order chi connectivity index (χ0) is 23.6. The van der Waals surface area contributed by atoms with Gasteiger partial charge in [0.2, 0.25) is 0 Å². The lowest BCUT2D eigenvalue weighted by molar-refractivity contribution is 0.718. The Morgan fingerprint density at radius 3 is 1.91 bits per heavy atom. The standard InChI is InChI=1S/C31H28N4/c1-2-3-4-7-21-8-5-6-9-29(21)30-19-28-18-26-13-12-24(33-26)16-22-10-11-23(32-22)17-25-14-15-27(34-25)20-31(30)35-28/h5-6,8-20,32,35H,2-4,7H2,1H3. The minimum absolute atomic E-state index is 0.935. The largest absolute Gasteiger partial charge is 0.355 e. The van der Waals surface area contributed by atoms with Crippen LogP contribution in [0.25, 0.3) is 57.5 Å². The highest BCUT2D eigenvalue weighted by atomic mass is 14.8. The van der Waals surface area contributed by atoms with Crippen LogP contribution in [-0.2, 0) is 6.42 Å². The number of hydrogen-bond donors (Lipinski definition) is 2. The maximum atomic E-state index is 4.85. The summed E-state index contributed by atoms with van der Waals surface area (Å²) in [6, 6.07) is 23.6. The number of H-pyrrole nitrogens is 2. The minimum atomic E-state index is 0.935. The fourth-order valence-corrected chi connectivity index (χ4v) is 4.81. The molecule has 3 aromatic heterocycles. The summed E-state index contributed by atoms with van der Waals surface area (Å²) in [5.74, 6) is 0. The molecule has 6 rings (SSSR count). The third-order valence-electron chi connectivity index (χ3n) is 6.53. The highest BCUT2D eigenvalue weighted by Gasteiger charge is 2.10. The Morgan fingerprint density at radius 1 is 0.600 bits per heavy atom. The summed E-state index contributed by atoms with van der Waals surface area (Å²) in [4.78, 5) is 16.7. The van der Waals surface area contributed by atoms with Crippen LogP contribution in [-0.4, -0.2) is 19.9 Å². The van der Waals surface area contributed by atoms with Gasteiger partial charge in [-0.15, -0.1) is 0 Å². The molecule has 8 bridgehead atoms. The monoisotopic (exact) mass is 456 g/mol. The second kappa shape index (κ2) is 9.22. The third-order valence-corrected chi connectivity index (χ3v) is 6.53. The summed E-state index contributed by atoms with van der Waals surface area (Å²) in [7, 11) is 0. The molecular weight excluding hydrogens is 428 g/mol. The second-order valence-electron chi connectivity index (χ2n) is 9.20. The average Bonchev–Trinajstić information content (AvgIpc) is 3.65. The van der Waals surface area contributed by atoms with E-state index in [0.717, 1.165) is 51.3 Å². The van der Waals surface area contributed by atoms with Gasteiger partial charge in [0.15, 0.2) is 0 Å². The number of hydrogen-bond acceptors (Lipinski definition) is 2. The summed E-state index contributed by atoms with van der Waals surface area (Å²) in [5.41, 5.74) is 11.8. The maximum Gasteiger partial charge on any atom is 0.0658 e. The highest BCUT2D eigenvalue weighted by molar-refractivity contribution is 5.89. The lowest BCUT2D eigenvalue weighted by Gasteiger charge is -2.08. The van der Waals surface area contributed by atoms with E-state index in [9.17, 15) is 0 Å². The number of aryl methyl sites for hydroxylation is 1. The predicted molar refractivity (Wildman–Crippen MR) is 148 cm³/mol. The number of rotatable bonds is 5. The lowest BCUT2D eigenvalue weighted by atomic mass is 9.96. The fraction of sp³-hybridized carbons (Fsp3) is 0.161. The molecule has 0 atom stereocenters. The van der Waals surface area contributed by atoms with Crippen LogP contribution in [0, 0.1) is 0 Å². The molecule has 0 spiro atoms. The molecule has 5 heterocycles. The van der Waals surface area contributed by atoms with Gasteiger partial charge in [-0.1, -0.05) is 44.0 Å². The molecule has 0 saturated heterocycles. The SMILES string of the molecule is CCCCCc1ccccc1-c1cc2cc3nc(cc4ccc(cc5nc(cc1[nH]2)C=C5)[nH]4)C=C3. The summed E-state index contributed by atoms with van der Waals surface area (Å²) >= 11 is 0. The van der Waals surface area contributed by atoms with Crippen molar-refractivity contribution in [1.29, 1.82) is 0 Å². The van der Waals surface area contributed by atoms with E-state index in [-0.39, 0.29) is 0 Å². The van der Waals surface area contributed by atoms with Crippen LogP contribution in [0.2, 0.25) is 0 Å². The van der Waals surface area contributed by atoms with Crippen molar-refractivity contribution in [1.82, 2.24) is 19.9 Å². The van der Waals surface area contributed by atoms with E-state index in [4.69, 9.17) is 9.97 Å². The van der Waals surface area contributed by atoms with Crippen molar-refractivity contribution >= 4 is 46.4 Å². The number of fused-ring (bicyclic) bond motifs is 8. The molecule has 0 saturated carbocycles. The molecule has 1 aromatic carbocycles. The smallest absolute Gasteiger partial charge is 0.0658 e. The minimum Gasteiger partial charge on any atom is -0.355 e. The molecule has 4 aromatic rings. The number of nitrogens with zero attached hydrogens (tertiary/aromatic N) is 2. The van der Waals surface area contributed by atoms with Crippen molar-refractivity contribution in [2.45, 2.75) is 32.6 Å². The summed E-state index contributed by atoms with van der Waals surface area (Å²) < 4.78 is 0. The first-order chi connectivity index (χ1) is 17.2. The molecule has 4 nitrogen and oxygen atoms in total. The number of nitrogens with one attached hydrogen (secondary N) is 2. The normalized spacial score (nSPS) is 12.4. The molecule has 0 amide bonds. The third kappa shape index (κ3) is 4.60. The zero-order valence-electron chi connectivity index (χ0n) is 19.9. The number of unbranched alkanes of at least 4 members (excludes halogenated alkanes) is 2. The molecule has 172 valence electrons. The molecule has 2 N–H and O–H groups in total. The summed E-state index contributed by atoms with van der Waals surface area (Å²) in [6.07, 6.45) is 13.0. The highest BCUT2D eigenvalue weighted by Crippen LogP contribution is 2.31. The van der Waals surface area contributed by atoms with Gasteiger partial charge in [0.1, 0.15) is 0 Å². The van der Waals surface area contributed by atoms with Gasteiger partial charge in [-0.05, 0) is 90.7 Å². The van der Waals surface area contributed by atoms with Crippen molar-refractivity contribution in [3.05, 3.63) is 95.1 Å². The van der Waals surface area contributed by atoms with Crippen molar-refractivity contribution in [2.75, 3.05) is 0 Å². The molecule has 35 heavy (non-hydrogen) atoms. The van der Waals surface area contributed by atoms with Crippen molar-refractivity contribution in [3.63, 3.8) is 0 Å². The number of aromatic amines is 2. The quantitative estimate of drug-likeness (QED) is 0.258. The fourth-order valence-electron chi connectivity index (χ4n) is 4.81. The Morgan fingerprint density at radius 2 is 1.23 bits per heavy atom. The van der Waals surface area contributed by atoms with Crippen LogP contribution < -0.4 is 0 Å². The Kier molecular flexibility index (Phi) is 5.63. The van der Waals surface area contributed by atoms with Gasteiger partial charge in [0.25, 0.3) is 0 Å². The molecule has 0 unspecified atom stereocenters. The number of aromatic nitrogens is 4. The van der Waals surface area contributed by atoms with Crippen LogP contribution in [0.5, 0.6) is 0 Å². The molecule has 4 heteroatoms. The molecule has 0 radical (unpaired) electrons. The zero-order valence-corrected chi connectivity index (χ0v) is 19.9. The summed E-state index contributed by atoms with van der Waals surface area (Å²) in [6.45, 7) is 2.25. The van der Waals surface area contributed by atoms with Gasteiger partial charge < -0.3 is 9.97 Å². The Balaban J connectivity index is 1.59. The Labute approximate surface area is 205 Å². The first kappa shape index (κ1) is 21.4. The van der Waals surface area contributed by atoms with Gasteiger partial charge in [0.05, 0.1) is 22.8 Å². The van der Waals surface area contributed by atoms with E-state index < -0.39 is 0 Å². The van der Waals surface area contributed by atoms with E-state index in [2.05, 4.69) is 108 Å². The molecule has 0 fully saturated rings. The van der Waals surface area contributed by atoms with Crippen LogP contribution >= 0.6 is 0 Å². The second-order valence-corrected chi connectivity index (χ2v) is 9.20. The topological polar surface area (TPSA) is 57.4 Å². The molecular formula is C31H28N4. The van der Waals surface area contributed by atoms with E-state index in [1.165, 1.54) is 36.0 Å². The molecule has 0 aliphatic carbocycles. The van der Waals surface area contributed by atoms with Crippen LogP contribution in [0.4, 0.5) is 0 Å². The van der Waals surface area contributed by atoms with Gasteiger partial charge in [-0.3, -0.25) is 0 Å². The maximum absolute atomic E-state index is 4.85. The van der Waals surface area contributed by atoms with Gasteiger partial charge >= 0.3 is 0 Å². The molecule has 2 aliphatic heterocycles. The Hall–Kier alpha value is -4.18. The first-order valence-electron chi connectivity index (χ1n) is 12.4.